The lowest BCUT2D eigenvalue weighted by Crippen LogP contribution is -2.02. The van der Waals surface area contributed by atoms with Crippen molar-refractivity contribution in [1.29, 1.82) is 0 Å². The molecule has 3 rings (SSSR count). The second kappa shape index (κ2) is 15.9. The number of aromatic nitrogens is 3. The molecule has 0 aliphatic heterocycles. The zero-order valence-electron chi connectivity index (χ0n) is 21.7. The van der Waals surface area contributed by atoms with Crippen LogP contribution in [0, 0.1) is 0 Å². The number of allylic oxidation sites excluding steroid dienone is 3. The molecule has 0 spiro atoms. The molecule has 0 bridgehead atoms. The van der Waals surface area contributed by atoms with Crippen molar-refractivity contribution in [3.63, 3.8) is 0 Å². The van der Waals surface area contributed by atoms with Gasteiger partial charge in [0, 0.05) is 6.20 Å². The summed E-state index contributed by atoms with van der Waals surface area (Å²) in [6.07, 6.45) is 11.7. The van der Waals surface area contributed by atoms with Crippen LogP contribution in [0.2, 0.25) is 0 Å². The highest BCUT2D eigenvalue weighted by atomic mass is 15.0. The molecule has 3 heterocycles. The minimum atomic E-state index is 0.508. The lowest BCUT2D eigenvalue weighted by atomic mass is 10.2. The highest BCUT2D eigenvalue weighted by Gasteiger charge is 2.03. The summed E-state index contributed by atoms with van der Waals surface area (Å²) in [5, 5.41) is 0. The zero-order chi connectivity index (χ0) is 26.9. The molecule has 3 aromatic heterocycles. The Morgan fingerprint density at radius 2 is 1.38 bits per heavy atom. The first-order valence-corrected chi connectivity index (χ1v) is 11.9. The maximum Gasteiger partial charge on any atom is 0.154 e. The minimum absolute atomic E-state index is 0.508. The van der Waals surface area contributed by atoms with Gasteiger partial charge < -0.3 is 5.73 Å². The minimum Gasteiger partial charge on any atom is -0.390 e. The number of aliphatic imine (C=N–C) groups is 4. The Morgan fingerprint density at radius 1 is 0.811 bits per heavy atom. The van der Waals surface area contributed by atoms with Crippen LogP contribution in [0.15, 0.2) is 106 Å². The SMILES string of the molecule is C=CN=C(/C=C\C)c1cccc(/C=N/c2cccc(N=Cc3cccc(/C(=C/C)N=CN)n3)n2)n1.CC. The van der Waals surface area contributed by atoms with Gasteiger partial charge in [0.2, 0.25) is 0 Å². The third-order valence-electron chi connectivity index (χ3n) is 4.49. The summed E-state index contributed by atoms with van der Waals surface area (Å²) in [7, 11) is 0. The second-order valence-electron chi connectivity index (χ2n) is 6.91. The van der Waals surface area contributed by atoms with Gasteiger partial charge in [0.05, 0.1) is 53.0 Å². The summed E-state index contributed by atoms with van der Waals surface area (Å²) in [5.41, 5.74) is 9.60. The van der Waals surface area contributed by atoms with Gasteiger partial charge in [-0.05, 0) is 56.3 Å². The molecule has 8 nitrogen and oxygen atoms in total. The summed E-state index contributed by atoms with van der Waals surface area (Å²) in [5.74, 6) is 1.02. The predicted octanol–water partition coefficient (Wildman–Crippen LogP) is 6.26. The van der Waals surface area contributed by atoms with Gasteiger partial charge in [-0.1, -0.05) is 50.8 Å². The molecule has 8 heteroatoms. The van der Waals surface area contributed by atoms with Crippen LogP contribution in [0.5, 0.6) is 0 Å². The average molecular weight is 493 g/mol. The first-order chi connectivity index (χ1) is 18.2. The molecule has 0 saturated heterocycles. The van der Waals surface area contributed by atoms with Crippen LogP contribution in [0.1, 0.15) is 50.5 Å². The topological polar surface area (TPSA) is 114 Å². The van der Waals surface area contributed by atoms with Gasteiger partial charge in [-0.3, -0.25) is 4.99 Å². The van der Waals surface area contributed by atoms with Gasteiger partial charge in [-0.15, -0.1) is 0 Å². The quantitative estimate of drug-likeness (QED) is 0.280. The van der Waals surface area contributed by atoms with E-state index in [-0.39, 0.29) is 0 Å². The Labute approximate surface area is 218 Å². The Morgan fingerprint density at radius 3 is 1.92 bits per heavy atom. The van der Waals surface area contributed by atoms with Crippen LogP contribution in [0.25, 0.3) is 5.70 Å². The van der Waals surface area contributed by atoms with E-state index < -0.39 is 0 Å². The lowest BCUT2D eigenvalue weighted by molar-refractivity contribution is 1.21. The van der Waals surface area contributed by atoms with Gasteiger partial charge in [0.25, 0.3) is 0 Å². The predicted molar refractivity (Wildman–Crippen MR) is 156 cm³/mol. The van der Waals surface area contributed by atoms with Gasteiger partial charge in [-0.2, -0.15) is 0 Å². The fourth-order valence-corrected chi connectivity index (χ4v) is 2.97. The maximum absolute atomic E-state index is 5.41. The van der Waals surface area contributed by atoms with E-state index >= 15 is 0 Å². The molecule has 0 amide bonds. The highest BCUT2D eigenvalue weighted by Crippen LogP contribution is 2.16. The Balaban J connectivity index is 0.00000235. The molecular formula is C29H32N8. The molecule has 0 aliphatic carbocycles. The molecule has 0 aliphatic rings. The van der Waals surface area contributed by atoms with E-state index in [1.807, 2.05) is 88.4 Å². The van der Waals surface area contributed by atoms with Gasteiger partial charge in [0.1, 0.15) is 0 Å². The summed E-state index contributed by atoms with van der Waals surface area (Å²) in [4.78, 5) is 30.9. The van der Waals surface area contributed by atoms with Crippen molar-refractivity contribution in [3.05, 3.63) is 108 Å². The smallest absolute Gasteiger partial charge is 0.154 e. The molecule has 0 fully saturated rings. The van der Waals surface area contributed by atoms with Crippen molar-refractivity contribution in [2.24, 2.45) is 25.7 Å². The first-order valence-electron chi connectivity index (χ1n) is 11.9. The molecule has 3 aromatic rings. The van der Waals surface area contributed by atoms with E-state index in [9.17, 15) is 0 Å². The van der Waals surface area contributed by atoms with Crippen LogP contribution >= 0.6 is 0 Å². The van der Waals surface area contributed by atoms with Crippen molar-refractivity contribution in [2.75, 3.05) is 0 Å². The average Bonchev–Trinajstić information content (AvgIpc) is 2.95. The number of rotatable bonds is 9. The van der Waals surface area contributed by atoms with Crippen LogP contribution in [0.4, 0.5) is 11.6 Å². The Kier molecular flexibility index (Phi) is 12.2. The number of nitrogens with zero attached hydrogens (tertiary/aromatic N) is 7. The lowest BCUT2D eigenvalue weighted by Gasteiger charge is -2.02. The standard InChI is InChI=1S/C27H26N8.C2H6/c1-4-10-23(29-6-3)25-14-8-12-21(34-25)18-31-27-16-9-15-26(35-27)30-17-20-11-7-13-24(33-20)22(5-2)32-19-28;1-2/h4-19H,3H2,1-2H3,(H2,28,32);1-2H3/b10-4-,22-5-,29-23?,30-17?,31-18+;. The van der Waals surface area contributed by atoms with Gasteiger partial charge in [-0.25, -0.2) is 29.9 Å². The molecule has 2 N–H and O–H groups in total. The molecule has 0 atom stereocenters. The van der Waals surface area contributed by atoms with E-state index in [1.54, 1.807) is 24.6 Å². The molecular weight excluding hydrogens is 460 g/mol. The normalized spacial score (nSPS) is 12.4. The van der Waals surface area contributed by atoms with Crippen LogP contribution < -0.4 is 5.73 Å². The molecule has 0 aromatic carbocycles. The zero-order valence-corrected chi connectivity index (χ0v) is 21.7. The third kappa shape index (κ3) is 9.03. The summed E-state index contributed by atoms with van der Waals surface area (Å²) >= 11 is 0. The molecule has 188 valence electrons. The van der Waals surface area contributed by atoms with Crippen molar-refractivity contribution >= 4 is 41.8 Å². The third-order valence-corrected chi connectivity index (χ3v) is 4.49. The van der Waals surface area contributed by atoms with E-state index in [0.29, 0.717) is 34.4 Å². The summed E-state index contributed by atoms with van der Waals surface area (Å²) in [6.45, 7) is 11.5. The van der Waals surface area contributed by atoms with Crippen LogP contribution in [0.3, 0.4) is 0 Å². The van der Waals surface area contributed by atoms with E-state index in [0.717, 1.165) is 11.4 Å². The number of hydrogen-bond acceptors (Lipinski definition) is 7. The van der Waals surface area contributed by atoms with Crippen LogP contribution in [-0.4, -0.2) is 39.4 Å². The fourth-order valence-electron chi connectivity index (χ4n) is 2.97. The summed E-state index contributed by atoms with van der Waals surface area (Å²) in [6, 6.07) is 16.7. The van der Waals surface area contributed by atoms with Crippen LogP contribution in [-0.2, 0) is 0 Å². The monoisotopic (exact) mass is 492 g/mol. The largest absolute Gasteiger partial charge is 0.390 e. The molecule has 0 radical (unpaired) electrons. The molecule has 0 unspecified atom stereocenters. The van der Waals surface area contributed by atoms with Gasteiger partial charge >= 0.3 is 0 Å². The second-order valence-corrected chi connectivity index (χ2v) is 6.91. The molecule has 0 saturated carbocycles. The van der Waals surface area contributed by atoms with E-state index in [2.05, 4.69) is 41.5 Å². The van der Waals surface area contributed by atoms with E-state index in [1.165, 1.54) is 12.5 Å². The van der Waals surface area contributed by atoms with Crippen molar-refractivity contribution < 1.29 is 0 Å². The van der Waals surface area contributed by atoms with E-state index in [4.69, 9.17) is 5.73 Å². The maximum atomic E-state index is 5.41. The first kappa shape index (κ1) is 28.4. The van der Waals surface area contributed by atoms with Crippen molar-refractivity contribution in [1.82, 2.24) is 15.0 Å². The number of nitrogens with two attached hydrogens (primary N) is 1. The fraction of sp³-hybridized carbons (Fsp3) is 0.138. The highest BCUT2D eigenvalue weighted by molar-refractivity contribution is 6.07. The Bertz CT molecular complexity index is 1350. The number of hydrogen-bond donors (Lipinski definition) is 1. The number of pyridine rings is 3. The van der Waals surface area contributed by atoms with Crippen molar-refractivity contribution in [2.45, 2.75) is 27.7 Å². The van der Waals surface area contributed by atoms with Crippen molar-refractivity contribution in [3.8, 4) is 0 Å². The van der Waals surface area contributed by atoms with Gasteiger partial charge in [0.15, 0.2) is 11.6 Å². The molecule has 37 heavy (non-hydrogen) atoms. The Hall–Kier alpha value is -4.85. The summed E-state index contributed by atoms with van der Waals surface area (Å²) < 4.78 is 0.